The Morgan fingerprint density at radius 1 is 1.26 bits per heavy atom. The maximum absolute atomic E-state index is 11.7. The van der Waals surface area contributed by atoms with Crippen molar-refractivity contribution in [2.45, 2.75) is 25.7 Å². The number of nitrogens with two attached hydrogens (primary N) is 1. The molecule has 0 aliphatic heterocycles. The second-order valence-electron chi connectivity index (χ2n) is 5.06. The van der Waals surface area contributed by atoms with E-state index in [0.29, 0.717) is 23.2 Å². The van der Waals surface area contributed by atoms with E-state index in [1.165, 1.54) is 13.1 Å². The summed E-state index contributed by atoms with van der Waals surface area (Å²) in [5.74, 6) is 1.03. The molecule has 0 fully saturated rings. The highest BCUT2D eigenvalue weighted by molar-refractivity contribution is 7.89. The van der Waals surface area contributed by atoms with Gasteiger partial charge in [-0.05, 0) is 37.1 Å². The minimum atomic E-state index is -3.44. The number of hydrogen-bond acceptors (Lipinski definition) is 4. The molecule has 0 radical (unpaired) electrons. The molecule has 19 heavy (non-hydrogen) atoms. The van der Waals surface area contributed by atoms with E-state index in [9.17, 15) is 8.42 Å². The average molecular weight is 285 g/mol. The quantitative estimate of drug-likeness (QED) is 0.697. The van der Waals surface area contributed by atoms with Crippen LogP contribution in [0.25, 0.3) is 0 Å². The fourth-order valence-corrected chi connectivity index (χ4v) is 2.24. The lowest BCUT2D eigenvalue weighted by Crippen LogP contribution is -2.20. The van der Waals surface area contributed by atoms with Crippen LogP contribution in [0.15, 0.2) is 23.1 Å². The Hall–Kier alpha value is -1.27. The number of rotatable bonds is 6. The van der Waals surface area contributed by atoms with Crippen LogP contribution in [0, 0.1) is 11.8 Å². The fraction of sp³-hybridized carbons (Fsp3) is 0.538. The summed E-state index contributed by atoms with van der Waals surface area (Å²) in [7, 11) is -2.05. The molecule has 0 aromatic heterocycles. The molecule has 0 bridgehead atoms. The third-order valence-electron chi connectivity index (χ3n) is 3.36. The fourth-order valence-electron chi connectivity index (χ4n) is 1.48. The van der Waals surface area contributed by atoms with Gasteiger partial charge < -0.3 is 11.1 Å². The second-order valence-corrected chi connectivity index (χ2v) is 6.95. The molecule has 4 N–H and O–H groups in total. The van der Waals surface area contributed by atoms with E-state index >= 15 is 0 Å². The highest BCUT2D eigenvalue weighted by atomic mass is 32.2. The normalized spacial score (nSPS) is 13.5. The first kappa shape index (κ1) is 15.8. The second kappa shape index (κ2) is 6.25. The highest BCUT2D eigenvalue weighted by Gasteiger charge is 2.14. The van der Waals surface area contributed by atoms with Gasteiger partial charge in [-0.3, -0.25) is 0 Å². The molecule has 1 atom stereocenters. The van der Waals surface area contributed by atoms with Crippen molar-refractivity contribution >= 4 is 21.4 Å². The van der Waals surface area contributed by atoms with Gasteiger partial charge in [0.05, 0.1) is 16.3 Å². The van der Waals surface area contributed by atoms with Crippen LogP contribution in [0.2, 0.25) is 0 Å². The molecule has 0 heterocycles. The van der Waals surface area contributed by atoms with Crippen LogP contribution in [-0.2, 0) is 10.0 Å². The van der Waals surface area contributed by atoms with E-state index in [1.54, 1.807) is 12.1 Å². The minimum absolute atomic E-state index is 0.212. The van der Waals surface area contributed by atoms with Crippen LogP contribution < -0.4 is 15.8 Å². The number of benzene rings is 1. The first-order valence-electron chi connectivity index (χ1n) is 6.35. The zero-order valence-corrected chi connectivity index (χ0v) is 12.7. The molecule has 108 valence electrons. The maximum Gasteiger partial charge on any atom is 0.240 e. The Bertz CT molecular complexity index is 527. The highest BCUT2D eigenvalue weighted by Crippen LogP contribution is 2.23. The number of sulfonamides is 1. The molecule has 1 rings (SSSR count). The van der Waals surface area contributed by atoms with Gasteiger partial charge in [0.1, 0.15) is 0 Å². The van der Waals surface area contributed by atoms with Gasteiger partial charge in [0.15, 0.2) is 0 Å². The van der Waals surface area contributed by atoms with Gasteiger partial charge >= 0.3 is 0 Å². The zero-order chi connectivity index (χ0) is 14.6. The lowest BCUT2D eigenvalue weighted by atomic mass is 9.98. The molecular formula is C13H23N3O2S. The van der Waals surface area contributed by atoms with Crippen molar-refractivity contribution in [3.05, 3.63) is 18.2 Å². The number of anilines is 2. The molecule has 1 aromatic carbocycles. The summed E-state index contributed by atoms with van der Waals surface area (Å²) in [5, 5.41) is 3.21. The molecular weight excluding hydrogens is 262 g/mol. The summed E-state index contributed by atoms with van der Waals surface area (Å²) >= 11 is 0. The van der Waals surface area contributed by atoms with Crippen LogP contribution >= 0.6 is 0 Å². The minimum Gasteiger partial charge on any atom is -0.397 e. The van der Waals surface area contributed by atoms with Gasteiger partial charge in [0, 0.05) is 6.54 Å². The summed E-state index contributed by atoms with van der Waals surface area (Å²) in [6.07, 6.45) is 0. The van der Waals surface area contributed by atoms with Gasteiger partial charge in [-0.2, -0.15) is 0 Å². The first-order valence-corrected chi connectivity index (χ1v) is 7.83. The number of nitrogens with one attached hydrogen (secondary N) is 2. The van der Waals surface area contributed by atoms with Gasteiger partial charge in [0.25, 0.3) is 0 Å². The molecule has 0 saturated heterocycles. The predicted octanol–water partition coefficient (Wildman–Crippen LogP) is 1.88. The summed E-state index contributed by atoms with van der Waals surface area (Å²) in [4.78, 5) is 0.212. The van der Waals surface area contributed by atoms with E-state index in [4.69, 9.17) is 5.73 Å². The van der Waals surface area contributed by atoms with Gasteiger partial charge in [-0.25, -0.2) is 13.1 Å². The summed E-state index contributed by atoms with van der Waals surface area (Å²) < 4.78 is 25.8. The maximum atomic E-state index is 11.7. The lowest BCUT2D eigenvalue weighted by Gasteiger charge is -2.18. The summed E-state index contributed by atoms with van der Waals surface area (Å²) in [5.41, 5.74) is 7.06. The molecule has 0 amide bonds. The Morgan fingerprint density at radius 3 is 2.42 bits per heavy atom. The summed E-state index contributed by atoms with van der Waals surface area (Å²) in [6, 6.07) is 4.67. The summed E-state index contributed by atoms with van der Waals surface area (Å²) in [6.45, 7) is 7.20. The van der Waals surface area contributed by atoms with E-state index in [2.05, 4.69) is 30.8 Å². The van der Waals surface area contributed by atoms with E-state index in [1.807, 2.05) is 0 Å². The average Bonchev–Trinajstić information content (AvgIpc) is 2.36. The van der Waals surface area contributed by atoms with Gasteiger partial charge in [-0.15, -0.1) is 0 Å². The lowest BCUT2D eigenvalue weighted by molar-refractivity contribution is 0.440. The zero-order valence-electron chi connectivity index (χ0n) is 11.9. The number of hydrogen-bond donors (Lipinski definition) is 3. The Labute approximate surface area is 115 Å². The molecule has 5 nitrogen and oxygen atoms in total. The largest absolute Gasteiger partial charge is 0.397 e. The van der Waals surface area contributed by atoms with Gasteiger partial charge in [-0.1, -0.05) is 20.8 Å². The molecule has 0 saturated carbocycles. The van der Waals surface area contributed by atoms with Crippen molar-refractivity contribution in [3.8, 4) is 0 Å². The van der Waals surface area contributed by atoms with Crippen LogP contribution in [0.4, 0.5) is 11.4 Å². The Kier molecular flexibility index (Phi) is 5.20. The predicted molar refractivity (Wildman–Crippen MR) is 79.6 cm³/mol. The topological polar surface area (TPSA) is 84.2 Å². The van der Waals surface area contributed by atoms with Crippen molar-refractivity contribution in [1.82, 2.24) is 4.72 Å². The molecule has 0 spiro atoms. The van der Waals surface area contributed by atoms with E-state index in [0.717, 1.165) is 6.54 Å². The standard InChI is InChI=1S/C13H23N3O2S/c1-9(2)10(3)8-16-13-7-11(5-6-12(13)14)19(17,18)15-4/h5-7,9-10,15-16H,8,14H2,1-4H3. The van der Waals surface area contributed by atoms with Crippen molar-refractivity contribution in [3.63, 3.8) is 0 Å². The third kappa shape index (κ3) is 4.11. The monoisotopic (exact) mass is 285 g/mol. The van der Waals surface area contributed by atoms with Crippen molar-refractivity contribution in [2.75, 3.05) is 24.6 Å². The van der Waals surface area contributed by atoms with Gasteiger partial charge in [0.2, 0.25) is 10.0 Å². The molecule has 6 heteroatoms. The Balaban J connectivity index is 2.93. The van der Waals surface area contributed by atoms with Crippen LogP contribution in [0.1, 0.15) is 20.8 Å². The van der Waals surface area contributed by atoms with Crippen molar-refractivity contribution in [1.29, 1.82) is 0 Å². The van der Waals surface area contributed by atoms with E-state index < -0.39 is 10.0 Å². The number of nitrogen functional groups attached to an aromatic ring is 1. The smallest absolute Gasteiger partial charge is 0.240 e. The first-order chi connectivity index (χ1) is 8.77. The van der Waals surface area contributed by atoms with Crippen molar-refractivity contribution in [2.24, 2.45) is 11.8 Å². The molecule has 1 aromatic rings. The third-order valence-corrected chi connectivity index (χ3v) is 4.77. The van der Waals surface area contributed by atoms with E-state index in [-0.39, 0.29) is 4.90 Å². The Morgan fingerprint density at radius 2 is 1.89 bits per heavy atom. The molecule has 1 unspecified atom stereocenters. The van der Waals surface area contributed by atoms with Crippen LogP contribution in [-0.4, -0.2) is 22.0 Å². The van der Waals surface area contributed by atoms with Crippen LogP contribution in [0.3, 0.4) is 0 Å². The van der Waals surface area contributed by atoms with Crippen molar-refractivity contribution < 1.29 is 8.42 Å². The van der Waals surface area contributed by atoms with Crippen LogP contribution in [0.5, 0.6) is 0 Å². The molecule has 0 aliphatic carbocycles. The SMILES string of the molecule is CNS(=O)(=O)c1ccc(N)c(NCC(C)C(C)C)c1. The molecule has 0 aliphatic rings.